The summed E-state index contributed by atoms with van der Waals surface area (Å²) in [6.07, 6.45) is 0. The zero-order valence-electron chi connectivity index (χ0n) is 14.2. The van der Waals surface area contributed by atoms with Crippen molar-refractivity contribution in [1.29, 1.82) is 0 Å². The minimum absolute atomic E-state index is 0.215. The van der Waals surface area contributed by atoms with Crippen molar-refractivity contribution in [2.24, 2.45) is 0 Å². The summed E-state index contributed by atoms with van der Waals surface area (Å²) in [4.78, 5) is 0. The van der Waals surface area contributed by atoms with Gasteiger partial charge in [-0.1, -0.05) is 74.2 Å². The van der Waals surface area contributed by atoms with E-state index in [1.807, 2.05) is 7.11 Å². The Labute approximate surface area is 138 Å². The Bertz CT molecular complexity index is 981. The van der Waals surface area contributed by atoms with Crippen LogP contribution in [-0.4, -0.2) is 15.2 Å². The van der Waals surface area contributed by atoms with Gasteiger partial charge in [0.15, 0.2) is 0 Å². The molecule has 116 valence electrons. The van der Waals surface area contributed by atoms with Gasteiger partial charge >= 0.3 is 0 Å². The van der Waals surface area contributed by atoms with Crippen LogP contribution in [0.3, 0.4) is 0 Å². The number of benzene rings is 4. The van der Waals surface area contributed by atoms with Gasteiger partial charge in [-0.2, -0.15) is 0 Å². The predicted octanol–water partition coefficient (Wildman–Crippen LogP) is 6.15. The van der Waals surface area contributed by atoms with Gasteiger partial charge in [-0.25, -0.2) is 0 Å². The Morgan fingerprint density at radius 2 is 1.30 bits per heavy atom. The lowest BCUT2D eigenvalue weighted by molar-refractivity contribution is 0.161. The quantitative estimate of drug-likeness (QED) is 0.325. The molecule has 0 saturated carbocycles. The Kier molecular flexibility index (Phi) is 3.22. The van der Waals surface area contributed by atoms with Crippen molar-refractivity contribution >= 4 is 40.4 Å². The van der Waals surface area contributed by atoms with E-state index in [-0.39, 0.29) is 5.73 Å². The van der Waals surface area contributed by atoms with E-state index in [0.717, 1.165) is 0 Å². The first kappa shape index (κ1) is 14.7. The summed E-state index contributed by atoms with van der Waals surface area (Å²) in [5.41, 5.74) is 1.56. The first-order valence-corrected chi connectivity index (χ1v) is 11.8. The van der Waals surface area contributed by atoms with Crippen molar-refractivity contribution in [1.82, 2.24) is 0 Å². The smallest absolute Gasteiger partial charge is 0.0842 e. The third-order valence-corrected chi connectivity index (χ3v) is 6.99. The lowest BCUT2D eigenvalue weighted by atomic mass is 9.92. The molecule has 4 aromatic rings. The van der Waals surface area contributed by atoms with E-state index < -0.39 is 8.07 Å². The van der Waals surface area contributed by atoms with Crippen molar-refractivity contribution in [3.05, 3.63) is 60.2 Å². The Morgan fingerprint density at radius 3 is 1.91 bits per heavy atom. The third-order valence-electron chi connectivity index (χ3n) is 4.87. The van der Waals surface area contributed by atoms with Gasteiger partial charge in [0.1, 0.15) is 0 Å². The van der Waals surface area contributed by atoms with Crippen molar-refractivity contribution in [3.8, 4) is 0 Å². The van der Waals surface area contributed by atoms with Gasteiger partial charge in [0.25, 0.3) is 0 Å². The molecule has 0 heterocycles. The van der Waals surface area contributed by atoms with Crippen molar-refractivity contribution in [2.75, 3.05) is 7.11 Å². The molecule has 0 fully saturated rings. The predicted molar refractivity (Wildman–Crippen MR) is 103 cm³/mol. The first-order chi connectivity index (χ1) is 11.0. The van der Waals surface area contributed by atoms with Crippen LogP contribution in [0.25, 0.3) is 32.3 Å². The van der Waals surface area contributed by atoms with Gasteiger partial charge in [0, 0.05) is 7.11 Å². The van der Waals surface area contributed by atoms with Crippen LogP contribution in [0.1, 0.15) is 11.3 Å². The standard InChI is InChI=1S/C21H22OSi/c1-22-21(23(2,3)4)18-13-11-16-9-8-14-6-5-7-15-10-12-17(18)20(16)19(14)15/h5-13,21H,1-4H3. The van der Waals surface area contributed by atoms with Crippen LogP contribution in [-0.2, 0) is 4.74 Å². The SMILES string of the molecule is COC(c1ccc2ccc3cccc4ccc1c2c34)[Si](C)(C)C. The molecule has 0 aliphatic heterocycles. The molecule has 0 spiro atoms. The zero-order chi connectivity index (χ0) is 16.2. The van der Waals surface area contributed by atoms with E-state index in [4.69, 9.17) is 4.74 Å². The lowest BCUT2D eigenvalue weighted by Gasteiger charge is -2.29. The number of hydrogen-bond donors (Lipinski definition) is 0. The molecule has 0 aliphatic rings. The molecule has 23 heavy (non-hydrogen) atoms. The molecule has 0 bridgehead atoms. The molecule has 1 nitrogen and oxygen atoms in total. The van der Waals surface area contributed by atoms with Crippen LogP contribution in [0.2, 0.25) is 19.6 Å². The van der Waals surface area contributed by atoms with Crippen LogP contribution >= 0.6 is 0 Å². The second-order valence-corrected chi connectivity index (χ2v) is 12.7. The lowest BCUT2D eigenvalue weighted by Crippen LogP contribution is -2.32. The highest BCUT2D eigenvalue weighted by Crippen LogP contribution is 2.40. The second kappa shape index (κ2) is 5.05. The molecule has 0 radical (unpaired) electrons. The van der Waals surface area contributed by atoms with Crippen LogP contribution in [0.15, 0.2) is 54.6 Å². The summed E-state index contributed by atoms with van der Waals surface area (Å²) in [5, 5.41) is 8.08. The van der Waals surface area contributed by atoms with Crippen LogP contribution in [0, 0.1) is 0 Å². The molecule has 4 rings (SSSR count). The number of hydrogen-bond acceptors (Lipinski definition) is 1. The van der Waals surface area contributed by atoms with E-state index in [9.17, 15) is 0 Å². The van der Waals surface area contributed by atoms with E-state index in [0.29, 0.717) is 0 Å². The maximum Gasteiger partial charge on any atom is 0.0842 e. The maximum atomic E-state index is 5.95. The van der Waals surface area contributed by atoms with Crippen molar-refractivity contribution in [3.63, 3.8) is 0 Å². The topological polar surface area (TPSA) is 9.23 Å². The molecule has 1 unspecified atom stereocenters. The van der Waals surface area contributed by atoms with E-state index in [2.05, 4.69) is 74.2 Å². The highest BCUT2D eigenvalue weighted by molar-refractivity contribution is 6.77. The minimum Gasteiger partial charge on any atom is -0.380 e. The fourth-order valence-electron chi connectivity index (χ4n) is 3.93. The minimum atomic E-state index is -1.47. The van der Waals surface area contributed by atoms with Gasteiger partial charge in [-0.3, -0.25) is 0 Å². The molecule has 2 heteroatoms. The number of methoxy groups -OCH3 is 1. The fourth-order valence-corrected chi connectivity index (χ4v) is 5.83. The average molecular weight is 318 g/mol. The Balaban J connectivity index is 2.15. The van der Waals surface area contributed by atoms with E-state index >= 15 is 0 Å². The summed E-state index contributed by atoms with van der Waals surface area (Å²) >= 11 is 0. The highest BCUT2D eigenvalue weighted by atomic mass is 28.3. The second-order valence-electron chi connectivity index (χ2n) is 7.49. The van der Waals surface area contributed by atoms with Gasteiger partial charge in [0.2, 0.25) is 0 Å². The summed E-state index contributed by atoms with van der Waals surface area (Å²) in [6, 6.07) is 20.1. The van der Waals surface area contributed by atoms with Crippen LogP contribution < -0.4 is 0 Å². The number of rotatable bonds is 3. The average Bonchev–Trinajstić information content (AvgIpc) is 2.53. The summed E-state index contributed by atoms with van der Waals surface area (Å²) in [7, 11) is 0.383. The van der Waals surface area contributed by atoms with Gasteiger partial charge < -0.3 is 4.74 Å². The Morgan fingerprint density at radius 1 is 0.739 bits per heavy atom. The molecule has 0 N–H and O–H groups in total. The number of ether oxygens (including phenoxy) is 1. The molecule has 0 saturated heterocycles. The summed E-state index contributed by atoms with van der Waals surface area (Å²) in [6.45, 7) is 7.12. The largest absolute Gasteiger partial charge is 0.380 e. The molecule has 4 aromatic carbocycles. The van der Waals surface area contributed by atoms with Crippen molar-refractivity contribution in [2.45, 2.75) is 25.4 Å². The zero-order valence-corrected chi connectivity index (χ0v) is 15.2. The third kappa shape index (κ3) is 2.17. The van der Waals surface area contributed by atoms with Gasteiger partial charge in [-0.15, -0.1) is 0 Å². The van der Waals surface area contributed by atoms with Gasteiger partial charge in [-0.05, 0) is 37.9 Å². The van der Waals surface area contributed by atoms with Crippen molar-refractivity contribution < 1.29 is 4.74 Å². The van der Waals surface area contributed by atoms with E-state index in [1.54, 1.807) is 0 Å². The molecule has 0 aromatic heterocycles. The van der Waals surface area contributed by atoms with Crippen LogP contribution in [0.4, 0.5) is 0 Å². The maximum absolute atomic E-state index is 5.95. The van der Waals surface area contributed by atoms with E-state index in [1.165, 1.54) is 37.9 Å². The first-order valence-electron chi connectivity index (χ1n) is 8.20. The molecule has 0 aliphatic carbocycles. The summed E-state index contributed by atoms with van der Waals surface area (Å²) in [5.74, 6) is 0. The molecule has 0 amide bonds. The summed E-state index contributed by atoms with van der Waals surface area (Å²) < 4.78 is 5.95. The molecule has 1 atom stereocenters. The highest BCUT2D eigenvalue weighted by Gasteiger charge is 2.30. The monoisotopic (exact) mass is 318 g/mol. The normalized spacial score (nSPS) is 14.1. The van der Waals surface area contributed by atoms with Crippen LogP contribution in [0.5, 0.6) is 0 Å². The fraction of sp³-hybridized carbons (Fsp3) is 0.238. The Hall–Kier alpha value is -1.90. The molecular formula is C21H22OSi. The van der Waals surface area contributed by atoms with Gasteiger partial charge in [0.05, 0.1) is 13.8 Å². The molecular weight excluding hydrogens is 296 g/mol.